The highest BCUT2D eigenvalue weighted by Crippen LogP contribution is 2.36. The Balaban J connectivity index is 3.19. The van der Waals surface area contributed by atoms with Gasteiger partial charge in [-0.25, -0.2) is 4.79 Å². The van der Waals surface area contributed by atoms with Gasteiger partial charge < -0.3 is 21.1 Å². The van der Waals surface area contributed by atoms with E-state index in [0.29, 0.717) is 16.4 Å². The Hall–Kier alpha value is -2.02. The molecule has 1 rings (SSSR count). The highest BCUT2D eigenvalue weighted by Gasteiger charge is 2.26. The van der Waals surface area contributed by atoms with Crippen molar-refractivity contribution in [3.8, 4) is 0 Å². The number of rotatable bonds is 7. The first-order valence-electron chi connectivity index (χ1n) is 6.62. The average Bonchev–Trinajstić information content (AvgIpc) is 2.80. The van der Waals surface area contributed by atoms with E-state index < -0.39 is 5.97 Å². The second-order valence-electron chi connectivity index (χ2n) is 4.49. The van der Waals surface area contributed by atoms with Crippen LogP contribution in [0.1, 0.15) is 40.3 Å². The molecule has 0 saturated heterocycles. The number of carbonyl (C=O) groups is 2. The van der Waals surface area contributed by atoms with Crippen LogP contribution in [-0.4, -0.2) is 31.6 Å². The normalized spacial score (nSPS) is 11.6. The summed E-state index contributed by atoms with van der Waals surface area (Å²) in [5.41, 5.74) is 6.31. The first kappa shape index (κ1) is 17.0. The Morgan fingerprint density at radius 1 is 1.52 bits per heavy atom. The van der Waals surface area contributed by atoms with E-state index in [1.165, 1.54) is 7.11 Å². The Morgan fingerprint density at radius 3 is 2.71 bits per heavy atom. The van der Waals surface area contributed by atoms with Gasteiger partial charge >= 0.3 is 5.97 Å². The molecule has 7 heteroatoms. The van der Waals surface area contributed by atoms with Crippen LogP contribution in [0.5, 0.6) is 0 Å². The molecule has 0 aliphatic rings. The van der Waals surface area contributed by atoms with E-state index in [1.54, 1.807) is 6.08 Å². The zero-order valence-electron chi connectivity index (χ0n) is 12.5. The number of carbonyl (C=O) groups excluding carboxylic acids is 2. The third kappa shape index (κ3) is 3.98. The highest BCUT2D eigenvalue weighted by molar-refractivity contribution is 7.19. The van der Waals surface area contributed by atoms with Crippen molar-refractivity contribution in [3.63, 3.8) is 0 Å². The van der Waals surface area contributed by atoms with E-state index in [-0.39, 0.29) is 23.2 Å². The molecule has 1 amide bonds. The second kappa shape index (κ2) is 7.68. The standard InChI is InChI=1S/C14H21N3O3S/c1-5-7-16-12(18)11-10(15)9(14(19)20-4)13(21-11)17-8(3)6-2/h5,8,17H,1,6-7,15H2,2-4H3,(H,16,18). The lowest BCUT2D eigenvalue weighted by atomic mass is 10.2. The Kier molecular flexibility index (Phi) is 6.23. The predicted octanol–water partition coefficient (Wildman–Crippen LogP) is 2.24. The van der Waals surface area contributed by atoms with Crippen LogP contribution in [0.3, 0.4) is 0 Å². The summed E-state index contributed by atoms with van der Waals surface area (Å²) in [6, 6.07) is 0.149. The summed E-state index contributed by atoms with van der Waals surface area (Å²) >= 11 is 1.15. The summed E-state index contributed by atoms with van der Waals surface area (Å²) in [7, 11) is 1.28. The van der Waals surface area contributed by atoms with Gasteiger partial charge in [0.25, 0.3) is 5.91 Å². The number of nitrogens with two attached hydrogens (primary N) is 1. The van der Waals surface area contributed by atoms with Crippen molar-refractivity contribution in [1.29, 1.82) is 0 Å². The molecule has 0 aliphatic carbocycles. The number of nitrogen functional groups attached to an aromatic ring is 1. The van der Waals surface area contributed by atoms with E-state index in [2.05, 4.69) is 17.2 Å². The number of thiophene rings is 1. The molecule has 0 fully saturated rings. The smallest absolute Gasteiger partial charge is 0.343 e. The predicted molar refractivity (Wildman–Crippen MR) is 86.0 cm³/mol. The minimum atomic E-state index is -0.558. The largest absolute Gasteiger partial charge is 0.465 e. The molecule has 4 N–H and O–H groups in total. The SMILES string of the molecule is C=CCNC(=O)c1sc(NC(C)CC)c(C(=O)OC)c1N. The van der Waals surface area contributed by atoms with E-state index in [0.717, 1.165) is 17.8 Å². The van der Waals surface area contributed by atoms with E-state index >= 15 is 0 Å². The summed E-state index contributed by atoms with van der Waals surface area (Å²) in [4.78, 5) is 24.2. The molecule has 6 nitrogen and oxygen atoms in total. The summed E-state index contributed by atoms with van der Waals surface area (Å²) in [6.07, 6.45) is 2.44. The van der Waals surface area contributed by atoms with Crippen LogP contribution in [-0.2, 0) is 4.74 Å². The van der Waals surface area contributed by atoms with Crippen LogP contribution >= 0.6 is 11.3 Å². The summed E-state index contributed by atoms with van der Waals surface area (Å²) in [5.74, 6) is -0.892. The van der Waals surface area contributed by atoms with Crippen LogP contribution in [0.4, 0.5) is 10.7 Å². The van der Waals surface area contributed by atoms with Crippen LogP contribution in [0.2, 0.25) is 0 Å². The van der Waals surface area contributed by atoms with Crippen molar-refractivity contribution in [2.75, 3.05) is 24.7 Å². The molecule has 0 saturated carbocycles. The molecule has 1 unspecified atom stereocenters. The maximum Gasteiger partial charge on any atom is 0.343 e. The van der Waals surface area contributed by atoms with Gasteiger partial charge in [0.1, 0.15) is 15.4 Å². The molecular weight excluding hydrogens is 290 g/mol. The van der Waals surface area contributed by atoms with Gasteiger partial charge in [-0.05, 0) is 13.3 Å². The van der Waals surface area contributed by atoms with E-state index in [1.807, 2.05) is 13.8 Å². The van der Waals surface area contributed by atoms with Crippen LogP contribution in [0.25, 0.3) is 0 Å². The molecule has 1 aromatic heterocycles. The van der Waals surface area contributed by atoms with Gasteiger partial charge in [0, 0.05) is 12.6 Å². The number of esters is 1. The fraction of sp³-hybridized carbons (Fsp3) is 0.429. The van der Waals surface area contributed by atoms with Gasteiger partial charge in [-0.1, -0.05) is 13.0 Å². The Labute approximate surface area is 128 Å². The Bertz CT molecular complexity index is 540. The van der Waals surface area contributed by atoms with Gasteiger partial charge in [-0.2, -0.15) is 0 Å². The third-order valence-corrected chi connectivity index (χ3v) is 4.07. The highest BCUT2D eigenvalue weighted by atomic mass is 32.1. The van der Waals surface area contributed by atoms with E-state index in [9.17, 15) is 9.59 Å². The molecule has 0 spiro atoms. The molecule has 0 radical (unpaired) electrons. The zero-order valence-corrected chi connectivity index (χ0v) is 13.3. The van der Waals surface area contributed by atoms with Crippen LogP contribution in [0.15, 0.2) is 12.7 Å². The van der Waals surface area contributed by atoms with Crippen molar-refractivity contribution in [2.45, 2.75) is 26.3 Å². The molecule has 0 aromatic carbocycles. The second-order valence-corrected chi connectivity index (χ2v) is 5.51. The molecule has 0 bridgehead atoms. The summed E-state index contributed by atoms with van der Waals surface area (Å²) in [5, 5.41) is 6.39. The number of hydrogen-bond acceptors (Lipinski definition) is 6. The molecule has 21 heavy (non-hydrogen) atoms. The quantitative estimate of drug-likeness (QED) is 0.530. The summed E-state index contributed by atoms with van der Waals surface area (Å²) < 4.78 is 4.75. The van der Waals surface area contributed by atoms with Crippen molar-refractivity contribution in [1.82, 2.24) is 5.32 Å². The van der Waals surface area contributed by atoms with Crippen molar-refractivity contribution < 1.29 is 14.3 Å². The number of ether oxygens (including phenoxy) is 1. The lowest BCUT2D eigenvalue weighted by molar-refractivity contribution is 0.0603. The van der Waals surface area contributed by atoms with Crippen LogP contribution in [0, 0.1) is 0 Å². The number of nitrogens with one attached hydrogen (secondary N) is 2. The van der Waals surface area contributed by atoms with Crippen molar-refractivity contribution in [3.05, 3.63) is 23.1 Å². The van der Waals surface area contributed by atoms with Gasteiger partial charge in [-0.3, -0.25) is 4.79 Å². The number of hydrogen-bond donors (Lipinski definition) is 3. The minimum absolute atomic E-state index is 0.138. The molecule has 0 aliphatic heterocycles. The maximum atomic E-state index is 12.0. The average molecular weight is 311 g/mol. The molecule has 1 atom stereocenters. The first-order valence-corrected chi connectivity index (χ1v) is 7.44. The molecule has 116 valence electrons. The minimum Gasteiger partial charge on any atom is -0.465 e. The fourth-order valence-electron chi connectivity index (χ4n) is 1.59. The number of methoxy groups -OCH3 is 1. The van der Waals surface area contributed by atoms with Crippen LogP contribution < -0.4 is 16.4 Å². The molecular formula is C14H21N3O3S. The number of amides is 1. The van der Waals surface area contributed by atoms with Gasteiger partial charge in [-0.15, -0.1) is 17.9 Å². The molecule has 1 aromatic rings. The molecule has 1 heterocycles. The Morgan fingerprint density at radius 2 is 2.19 bits per heavy atom. The number of anilines is 2. The fourth-order valence-corrected chi connectivity index (χ4v) is 2.73. The van der Waals surface area contributed by atoms with Gasteiger partial charge in [0.15, 0.2) is 0 Å². The van der Waals surface area contributed by atoms with E-state index in [4.69, 9.17) is 10.5 Å². The lowest BCUT2D eigenvalue weighted by Gasteiger charge is -2.12. The monoisotopic (exact) mass is 311 g/mol. The summed E-state index contributed by atoms with van der Waals surface area (Å²) in [6.45, 7) is 7.86. The lowest BCUT2D eigenvalue weighted by Crippen LogP contribution is -2.23. The van der Waals surface area contributed by atoms with Crippen molar-refractivity contribution in [2.24, 2.45) is 0 Å². The van der Waals surface area contributed by atoms with Gasteiger partial charge in [0.05, 0.1) is 12.8 Å². The topological polar surface area (TPSA) is 93.5 Å². The maximum absolute atomic E-state index is 12.0. The first-order chi connectivity index (χ1) is 9.96. The van der Waals surface area contributed by atoms with Crippen molar-refractivity contribution >= 4 is 33.9 Å². The van der Waals surface area contributed by atoms with Gasteiger partial charge in [0.2, 0.25) is 0 Å². The third-order valence-electron chi connectivity index (χ3n) is 2.94. The zero-order chi connectivity index (χ0) is 16.0.